The van der Waals surface area contributed by atoms with Crippen LogP contribution >= 0.6 is 0 Å². The van der Waals surface area contributed by atoms with E-state index in [2.05, 4.69) is 12.0 Å². The van der Waals surface area contributed by atoms with Gasteiger partial charge in [0.05, 0.1) is 13.2 Å². The Hall–Kier alpha value is -3.10. The van der Waals surface area contributed by atoms with Gasteiger partial charge in [-0.25, -0.2) is 14.3 Å². The van der Waals surface area contributed by atoms with Gasteiger partial charge in [-0.3, -0.25) is 9.36 Å². The van der Waals surface area contributed by atoms with Crippen LogP contribution in [-0.4, -0.2) is 39.1 Å². The summed E-state index contributed by atoms with van der Waals surface area (Å²) in [5.41, 5.74) is -0.910. The molecule has 0 atom stereocenters. The van der Waals surface area contributed by atoms with Gasteiger partial charge in [-0.1, -0.05) is 45.2 Å². The van der Waals surface area contributed by atoms with Crippen LogP contribution in [0.1, 0.15) is 85.1 Å². The first-order valence-electron chi connectivity index (χ1n) is 13.5. The number of esters is 1. The van der Waals surface area contributed by atoms with Crippen LogP contribution in [0, 0.1) is 0 Å². The molecule has 0 spiro atoms. The first-order valence-corrected chi connectivity index (χ1v) is 13.5. The van der Waals surface area contributed by atoms with Crippen molar-refractivity contribution in [2.45, 2.75) is 105 Å². The normalized spacial score (nSPS) is 11.4. The summed E-state index contributed by atoms with van der Waals surface area (Å²) in [6.45, 7) is 10.7. The van der Waals surface area contributed by atoms with E-state index in [1.807, 2.05) is 31.2 Å². The maximum absolute atomic E-state index is 12.9. The fraction of sp³-hybridized carbons (Fsp3) is 0.643. The second-order valence-electron chi connectivity index (χ2n) is 9.61. The molecule has 37 heavy (non-hydrogen) atoms. The zero-order valence-electron chi connectivity index (χ0n) is 23.1. The van der Waals surface area contributed by atoms with E-state index < -0.39 is 22.8 Å². The summed E-state index contributed by atoms with van der Waals surface area (Å²) in [6.07, 6.45) is 6.76. The van der Waals surface area contributed by atoms with Gasteiger partial charge in [-0.05, 0) is 70.6 Å². The minimum atomic E-state index is -1.09. The van der Waals surface area contributed by atoms with Crippen molar-refractivity contribution in [3.05, 3.63) is 50.7 Å². The van der Waals surface area contributed by atoms with Crippen LogP contribution in [0.15, 0.2) is 33.9 Å². The third kappa shape index (κ3) is 9.37. The molecule has 0 bridgehead atoms. The minimum absolute atomic E-state index is 0.000806. The van der Waals surface area contributed by atoms with Crippen molar-refractivity contribution >= 4 is 5.97 Å². The van der Waals surface area contributed by atoms with Crippen LogP contribution in [0.5, 0.6) is 11.6 Å². The molecule has 0 N–H and O–H groups in total. The number of carbonyl (C=O) groups is 1. The van der Waals surface area contributed by atoms with Crippen molar-refractivity contribution in [3.63, 3.8) is 0 Å². The lowest BCUT2D eigenvalue weighted by Gasteiger charge is -2.24. The fourth-order valence-electron chi connectivity index (χ4n) is 3.80. The molecular formula is C28H43N3O6. The summed E-state index contributed by atoms with van der Waals surface area (Å²) < 4.78 is 19.2. The highest BCUT2D eigenvalue weighted by atomic mass is 16.6. The Morgan fingerprint density at radius 2 is 1.73 bits per heavy atom. The van der Waals surface area contributed by atoms with Crippen LogP contribution in [0.3, 0.4) is 0 Å². The van der Waals surface area contributed by atoms with Gasteiger partial charge in [0.1, 0.15) is 5.75 Å². The van der Waals surface area contributed by atoms with Gasteiger partial charge in [0.25, 0.3) is 5.88 Å². The average molecular weight is 518 g/mol. The summed E-state index contributed by atoms with van der Waals surface area (Å²) in [4.78, 5) is 38.0. The quantitative estimate of drug-likeness (QED) is 0.225. The Morgan fingerprint density at radius 1 is 0.973 bits per heavy atom. The number of carbonyl (C=O) groups excluding carboxylic acids is 1. The zero-order chi connectivity index (χ0) is 27.3. The number of aromatic nitrogens is 3. The maximum Gasteiger partial charge on any atom is 0.349 e. The number of benzene rings is 1. The number of aryl methyl sites for hydroxylation is 2. The number of hydrogen-bond acceptors (Lipinski definition) is 7. The van der Waals surface area contributed by atoms with Gasteiger partial charge in [-0.2, -0.15) is 0 Å². The lowest BCUT2D eigenvalue weighted by atomic mass is 10.1. The van der Waals surface area contributed by atoms with Crippen LogP contribution in [0.2, 0.25) is 0 Å². The predicted molar refractivity (Wildman–Crippen MR) is 143 cm³/mol. The first kappa shape index (κ1) is 30.1. The Bertz CT molecular complexity index is 1110. The molecule has 2 rings (SSSR count). The maximum atomic E-state index is 12.9. The van der Waals surface area contributed by atoms with Crippen molar-refractivity contribution in [1.82, 2.24) is 14.3 Å². The first-order chi connectivity index (χ1) is 17.7. The van der Waals surface area contributed by atoms with Gasteiger partial charge >= 0.3 is 17.2 Å². The zero-order valence-corrected chi connectivity index (χ0v) is 23.1. The molecular weight excluding hydrogens is 474 g/mol. The largest absolute Gasteiger partial charge is 0.476 e. The van der Waals surface area contributed by atoms with E-state index >= 15 is 0 Å². The molecule has 9 nitrogen and oxygen atoms in total. The third-order valence-corrected chi connectivity index (χ3v) is 5.94. The molecule has 1 heterocycles. The van der Waals surface area contributed by atoms with Crippen LogP contribution in [0.25, 0.3) is 0 Å². The average Bonchev–Trinajstić information content (AvgIpc) is 2.86. The molecule has 0 aliphatic rings. The summed E-state index contributed by atoms with van der Waals surface area (Å²) in [6, 6.07) is 7.58. The highest BCUT2D eigenvalue weighted by Crippen LogP contribution is 2.22. The van der Waals surface area contributed by atoms with Gasteiger partial charge in [-0.15, -0.1) is 5.10 Å². The molecule has 0 fully saturated rings. The third-order valence-electron chi connectivity index (χ3n) is 5.94. The summed E-state index contributed by atoms with van der Waals surface area (Å²) in [7, 11) is 0. The Kier molecular flexibility index (Phi) is 12.4. The topological polar surface area (TPSA) is 102 Å². The van der Waals surface area contributed by atoms with Gasteiger partial charge in [0.15, 0.2) is 5.60 Å². The van der Waals surface area contributed by atoms with E-state index in [1.54, 1.807) is 20.8 Å². The van der Waals surface area contributed by atoms with Crippen LogP contribution in [-0.2, 0) is 29.0 Å². The number of ether oxygens (including phenoxy) is 3. The molecule has 0 amide bonds. The lowest BCUT2D eigenvalue weighted by molar-refractivity contribution is -0.158. The van der Waals surface area contributed by atoms with E-state index in [0.29, 0.717) is 38.5 Å². The van der Waals surface area contributed by atoms with Crippen molar-refractivity contribution in [3.8, 4) is 11.6 Å². The molecule has 0 radical (unpaired) electrons. The fourth-order valence-corrected chi connectivity index (χ4v) is 3.80. The van der Waals surface area contributed by atoms with E-state index in [9.17, 15) is 14.4 Å². The molecule has 0 saturated heterocycles. The molecule has 206 valence electrons. The van der Waals surface area contributed by atoms with E-state index in [0.717, 1.165) is 50.5 Å². The van der Waals surface area contributed by atoms with Crippen LogP contribution < -0.4 is 20.7 Å². The minimum Gasteiger partial charge on any atom is -0.476 e. The smallest absolute Gasteiger partial charge is 0.349 e. The van der Waals surface area contributed by atoms with Crippen molar-refractivity contribution in [2.75, 3.05) is 13.2 Å². The van der Waals surface area contributed by atoms with E-state index in [1.165, 1.54) is 9.25 Å². The molecule has 0 aliphatic carbocycles. The summed E-state index contributed by atoms with van der Waals surface area (Å²) >= 11 is 0. The van der Waals surface area contributed by atoms with Crippen molar-refractivity contribution in [2.24, 2.45) is 0 Å². The number of hydrogen-bond donors (Lipinski definition) is 0. The predicted octanol–water partition coefficient (Wildman–Crippen LogP) is 4.52. The Labute approximate surface area is 219 Å². The lowest BCUT2D eigenvalue weighted by Crippen LogP contribution is -2.42. The standard InChI is InChI=1S/C28H43N3O6/c1-6-9-13-20-36-24-25(32)30(27(34)31(29-24)19-10-7-2)18-12-11-15-22-16-14-17-23(21-22)37-28(4,5)26(33)35-8-3/h14,16-17,21H,6-13,15,18-20H2,1-5H3. The summed E-state index contributed by atoms with van der Waals surface area (Å²) in [5, 5.41) is 4.21. The van der Waals surface area contributed by atoms with Crippen molar-refractivity contribution < 1.29 is 19.0 Å². The van der Waals surface area contributed by atoms with E-state index in [4.69, 9.17) is 14.2 Å². The molecule has 1 aromatic heterocycles. The number of rotatable bonds is 17. The second-order valence-corrected chi connectivity index (χ2v) is 9.61. The van der Waals surface area contributed by atoms with Gasteiger partial charge in [0.2, 0.25) is 0 Å². The molecule has 2 aromatic rings. The Morgan fingerprint density at radius 3 is 2.43 bits per heavy atom. The van der Waals surface area contributed by atoms with Gasteiger partial charge < -0.3 is 14.2 Å². The molecule has 0 unspecified atom stereocenters. The van der Waals surface area contributed by atoms with Crippen molar-refractivity contribution in [1.29, 1.82) is 0 Å². The molecule has 1 aromatic carbocycles. The highest BCUT2D eigenvalue weighted by molar-refractivity contribution is 5.79. The Balaban J connectivity index is 2.05. The van der Waals surface area contributed by atoms with Gasteiger partial charge in [0, 0.05) is 13.1 Å². The number of unbranched alkanes of at least 4 members (excludes halogenated alkanes) is 4. The monoisotopic (exact) mass is 517 g/mol. The molecule has 0 aliphatic heterocycles. The number of nitrogens with zero attached hydrogens (tertiary/aromatic N) is 3. The molecule has 9 heteroatoms. The SMILES string of the molecule is CCCCCOc1nn(CCCC)c(=O)n(CCCCc2cccc(OC(C)(C)C(=O)OCC)c2)c1=O. The molecule has 0 saturated carbocycles. The highest BCUT2D eigenvalue weighted by Gasteiger charge is 2.31. The second kappa shape index (κ2) is 15.2. The van der Waals surface area contributed by atoms with E-state index in [-0.39, 0.29) is 5.88 Å². The van der Waals surface area contributed by atoms with Crippen LogP contribution in [0.4, 0.5) is 0 Å². The summed E-state index contributed by atoms with van der Waals surface area (Å²) in [5.74, 6) is 0.173.